The fourth-order valence-corrected chi connectivity index (χ4v) is 2.90. The second kappa shape index (κ2) is 8.33. The summed E-state index contributed by atoms with van der Waals surface area (Å²) in [5.74, 6) is 1.47. The molecule has 0 atom stereocenters. The first-order chi connectivity index (χ1) is 12.2. The highest BCUT2D eigenvalue weighted by Crippen LogP contribution is 2.24. The quantitative estimate of drug-likeness (QED) is 0.740. The van der Waals surface area contributed by atoms with Crippen LogP contribution in [0.15, 0.2) is 30.5 Å². The summed E-state index contributed by atoms with van der Waals surface area (Å²) in [6.07, 6.45) is 3.45. The Morgan fingerprint density at radius 3 is 2.80 bits per heavy atom. The summed E-state index contributed by atoms with van der Waals surface area (Å²) < 4.78 is 11.5. The van der Waals surface area contributed by atoms with E-state index in [1.54, 1.807) is 6.20 Å². The number of hydrogen-bond donors (Lipinski definition) is 2. The third kappa shape index (κ3) is 4.72. The van der Waals surface area contributed by atoms with Gasteiger partial charge >= 0.3 is 0 Å². The molecule has 0 unspecified atom stereocenters. The third-order valence-electron chi connectivity index (χ3n) is 4.36. The van der Waals surface area contributed by atoms with Gasteiger partial charge < -0.3 is 20.5 Å². The van der Waals surface area contributed by atoms with E-state index in [0.717, 1.165) is 30.0 Å². The number of nitrogens with one attached hydrogen (secondary N) is 1. The number of aromatic nitrogens is 3. The SMILES string of the molecule is Cc1nc(NCCOC2(CN)CCOCC2)cc(-c2ccccn2)n1. The summed E-state index contributed by atoms with van der Waals surface area (Å²) in [5, 5.41) is 3.30. The van der Waals surface area contributed by atoms with Crippen molar-refractivity contribution in [2.24, 2.45) is 5.73 Å². The molecule has 3 rings (SSSR count). The number of aryl methyl sites for hydroxylation is 1. The zero-order valence-corrected chi connectivity index (χ0v) is 14.6. The Labute approximate surface area is 148 Å². The average molecular weight is 343 g/mol. The molecule has 25 heavy (non-hydrogen) atoms. The molecule has 3 heterocycles. The first kappa shape index (κ1) is 17.7. The largest absolute Gasteiger partial charge is 0.381 e. The molecule has 0 aromatic carbocycles. The molecular formula is C18H25N5O2. The Bertz CT molecular complexity index is 674. The predicted octanol–water partition coefficient (Wildman–Crippen LogP) is 1.78. The van der Waals surface area contributed by atoms with Crippen LogP contribution in [0.25, 0.3) is 11.4 Å². The lowest BCUT2D eigenvalue weighted by Gasteiger charge is -2.36. The highest BCUT2D eigenvalue weighted by Gasteiger charge is 2.31. The minimum absolute atomic E-state index is 0.249. The van der Waals surface area contributed by atoms with Crippen LogP contribution < -0.4 is 11.1 Å². The molecule has 0 bridgehead atoms. The summed E-state index contributed by atoms with van der Waals surface area (Å²) >= 11 is 0. The first-order valence-corrected chi connectivity index (χ1v) is 8.63. The van der Waals surface area contributed by atoms with Crippen molar-refractivity contribution < 1.29 is 9.47 Å². The van der Waals surface area contributed by atoms with Gasteiger partial charge in [0, 0.05) is 51.4 Å². The van der Waals surface area contributed by atoms with E-state index in [9.17, 15) is 0 Å². The van der Waals surface area contributed by atoms with Gasteiger partial charge in [-0.05, 0) is 19.1 Å². The Morgan fingerprint density at radius 2 is 2.08 bits per heavy atom. The Hall–Kier alpha value is -2.09. The van der Waals surface area contributed by atoms with Crippen molar-refractivity contribution in [1.82, 2.24) is 15.0 Å². The van der Waals surface area contributed by atoms with Gasteiger partial charge in [0.05, 0.1) is 23.6 Å². The standard InChI is InChI=1S/C18H25N5O2/c1-14-22-16(15-4-2-3-7-20-15)12-17(23-14)21-8-11-25-18(13-19)5-9-24-10-6-18/h2-4,7,12H,5-6,8-11,13,19H2,1H3,(H,21,22,23). The Morgan fingerprint density at radius 1 is 1.24 bits per heavy atom. The van der Waals surface area contributed by atoms with Gasteiger partial charge in [-0.25, -0.2) is 9.97 Å². The van der Waals surface area contributed by atoms with Crippen LogP contribution in [0.1, 0.15) is 18.7 Å². The molecule has 7 nitrogen and oxygen atoms in total. The maximum Gasteiger partial charge on any atom is 0.130 e. The van der Waals surface area contributed by atoms with Crippen molar-refractivity contribution >= 4 is 5.82 Å². The van der Waals surface area contributed by atoms with Crippen molar-refractivity contribution in [3.05, 3.63) is 36.3 Å². The van der Waals surface area contributed by atoms with E-state index in [4.69, 9.17) is 15.2 Å². The van der Waals surface area contributed by atoms with E-state index in [2.05, 4.69) is 20.3 Å². The van der Waals surface area contributed by atoms with Crippen LogP contribution in [0.5, 0.6) is 0 Å². The maximum absolute atomic E-state index is 6.06. The molecule has 0 aliphatic carbocycles. The summed E-state index contributed by atoms with van der Waals surface area (Å²) in [7, 11) is 0. The lowest BCUT2D eigenvalue weighted by atomic mass is 9.94. The first-order valence-electron chi connectivity index (χ1n) is 8.63. The van der Waals surface area contributed by atoms with Crippen molar-refractivity contribution in [3.63, 3.8) is 0 Å². The van der Waals surface area contributed by atoms with Crippen molar-refractivity contribution in [2.45, 2.75) is 25.4 Å². The minimum atomic E-state index is -0.249. The molecule has 0 saturated carbocycles. The number of nitrogens with two attached hydrogens (primary N) is 1. The van der Waals surface area contributed by atoms with E-state index in [1.165, 1.54) is 0 Å². The van der Waals surface area contributed by atoms with Gasteiger partial charge in [-0.3, -0.25) is 4.98 Å². The minimum Gasteiger partial charge on any atom is -0.381 e. The van der Waals surface area contributed by atoms with E-state index in [0.29, 0.717) is 38.7 Å². The van der Waals surface area contributed by atoms with Gasteiger partial charge in [0.1, 0.15) is 11.6 Å². The fourth-order valence-electron chi connectivity index (χ4n) is 2.90. The van der Waals surface area contributed by atoms with Crippen LogP contribution in [0.4, 0.5) is 5.82 Å². The number of nitrogens with zero attached hydrogens (tertiary/aromatic N) is 3. The lowest BCUT2D eigenvalue weighted by molar-refractivity contribution is -0.101. The van der Waals surface area contributed by atoms with Crippen LogP contribution >= 0.6 is 0 Å². The number of hydrogen-bond acceptors (Lipinski definition) is 7. The molecule has 7 heteroatoms. The number of anilines is 1. The van der Waals surface area contributed by atoms with Crippen LogP contribution in [0.3, 0.4) is 0 Å². The van der Waals surface area contributed by atoms with Crippen molar-refractivity contribution in [3.8, 4) is 11.4 Å². The molecule has 3 N–H and O–H groups in total. The van der Waals surface area contributed by atoms with Gasteiger partial charge in [0.25, 0.3) is 0 Å². The molecule has 1 fully saturated rings. The van der Waals surface area contributed by atoms with E-state index in [-0.39, 0.29) is 5.60 Å². The number of rotatable bonds is 7. The summed E-state index contributed by atoms with van der Waals surface area (Å²) in [5.41, 5.74) is 7.29. The number of pyridine rings is 1. The molecule has 1 aliphatic heterocycles. The van der Waals surface area contributed by atoms with Gasteiger partial charge in [0.15, 0.2) is 0 Å². The summed E-state index contributed by atoms with van der Waals surface area (Å²) in [4.78, 5) is 13.2. The van der Waals surface area contributed by atoms with Crippen LogP contribution in [0.2, 0.25) is 0 Å². The van der Waals surface area contributed by atoms with Gasteiger partial charge in [0.2, 0.25) is 0 Å². The maximum atomic E-state index is 6.06. The zero-order valence-electron chi connectivity index (χ0n) is 14.6. The van der Waals surface area contributed by atoms with Gasteiger partial charge in [-0.2, -0.15) is 0 Å². The Balaban J connectivity index is 1.57. The molecule has 0 spiro atoms. The molecule has 0 radical (unpaired) electrons. The van der Waals surface area contributed by atoms with Gasteiger partial charge in [-0.15, -0.1) is 0 Å². The highest BCUT2D eigenvalue weighted by molar-refractivity contribution is 5.58. The molecule has 2 aromatic rings. The highest BCUT2D eigenvalue weighted by atomic mass is 16.5. The monoisotopic (exact) mass is 343 g/mol. The second-order valence-corrected chi connectivity index (χ2v) is 6.18. The van der Waals surface area contributed by atoms with Crippen LogP contribution in [-0.4, -0.2) is 53.5 Å². The molecular weight excluding hydrogens is 318 g/mol. The molecule has 1 aliphatic rings. The molecule has 2 aromatic heterocycles. The third-order valence-corrected chi connectivity index (χ3v) is 4.36. The zero-order chi connectivity index (χ0) is 17.5. The van der Waals surface area contributed by atoms with Crippen LogP contribution in [0, 0.1) is 6.92 Å². The average Bonchev–Trinajstić information content (AvgIpc) is 2.66. The summed E-state index contributed by atoms with van der Waals surface area (Å²) in [6, 6.07) is 7.67. The molecule has 1 saturated heterocycles. The van der Waals surface area contributed by atoms with Crippen LogP contribution in [-0.2, 0) is 9.47 Å². The predicted molar refractivity (Wildman–Crippen MR) is 96.3 cm³/mol. The second-order valence-electron chi connectivity index (χ2n) is 6.18. The van der Waals surface area contributed by atoms with Crippen molar-refractivity contribution in [2.75, 3.05) is 38.2 Å². The fraction of sp³-hybridized carbons (Fsp3) is 0.500. The Kier molecular flexibility index (Phi) is 5.91. The summed E-state index contributed by atoms with van der Waals surface area (Å²) in [6.45, 7) is 5.04. The normalized spacial score (nSPS) is 16.6. The lowest BCUT2D eigenvalue weighted by Crippen LogP contribution is -2.46. The topological polar surface area (TPSA) is 95.2 Å². The van der Waals surface area contributed by atoms with E-state index < -0.39 is 0 Å². The van der Waals surface area contributed by atoms with E-state index >= 15 is 0 Å². The van der Waals surface area contributed by atoms with Gasteiger partial charge in [-0.1, -0.05) is 6.07 Å². The van der Waals surface area contributed by atoms with E-state index in [1.807, 2.05) is 31.2 Å². The smallest absolute Gasteiger partial charge is 0.130 e. The van der Waals surface area contributed by atoms with Crippen molar-refractivity contribution in [1.29, 1.82) is 0 Å². The molecule has 0 amide bonds. The number of ether oxygens (including phenoxy) is 2. The molecule has 134 valence electrons.